The molecule has 0 saturated heterocycles. The molecule has 0 aliphatic rings. The number of methoxy groups -OCH3 is 1. The van der Waals surface area contributed by atoms with E-state index in [4.69, 9.17) is 9.47 Å². The van der Waals surface area contributed by atoms with E-state index < -0.39 is 0 Å². The van der Waals surface area contributed by atoms with Gasteiger partial charge in [0.2, 0.25) is 0 Å². The third-order valence-corrected chi connectivity index (χ3v) is 3.74. The Bertz CT molecular complexity index is 925. The molecule has 0 radical (unpaired) electrons. The molecular weight excluding hydrogens is 356 g/mol. The first kappa shape index (κ1) is 19.2. The lowest BCUT2D eigenvalue weighted by Crippen LogP contribution is -2.14. The number of hydrogen-bond acceptors (Lipinski definition) is 6. The van der Waals surface area contributed by atoms with Crippen LogP contribution in [-0.2, 0) is 0 Å². The Kier molecular flexibility index (Phi) is 6.06. The number of aromatic nitrogens is 2. The zero-order chi connectivity index (χ0) is 19.9. The first-order chi connectivity index (χ1) is 13.5. The second-order valence-electron chi connectivity index (χ2n) is 6.26. The van der Waals surface area contributed by atoms with Gasteiger partial charge < -0.3 is 20.1 Å². The van der Waals surface area contributed by atoms with Crippen LogP contribution in [0.3, 0.4) is 0 Å². The largest absolute Gasteiger partial charge is 0.495 e. The molecule has 144 valence electrons. The van der Waals surface area contributed by atoms with Gasteiger partial charge in [0.05, 0.1) is 31.3 Å². The quantitative estimate of drug-likeness (QED) is 0.639. The number of hydrogen-bond donors (Lipinski definition) is 2. The van der Waals surface area contributed by atoms with E-state index in [-0.39, 0.29) is 17.7 Å². The molecule has 2 N–H and O–H groups in total. The van der Waals surface area contributed by atoms with Crippen molar-refractivity contribution in [1.29, 1.82) is 0 Å². The average molecular weight is 378 g/mol. The Morgan fingerprint density at radius 1 is 1.00 bits per heavy atom. The zero-order valence-corrected chi connectivity index (χ0v) is 16.0. The summed E-state index contributed by atoms with van der Waals surface area (Å²) in [6.45, 7) is 3.96. The molecule has 2 aromatic carbocycles. The molecule has 1 heterocycles. The predicted octanol–water partition coefficient (Wildman–Crippen LogP) is 4.27. The van der Waals surface area contributed by atoms with Crippen LogP contribution in [-0.4, -0.2) is 29.1 Å². The zero-order valence-electron chi connectivity index (χ0n) is 16.0. The fourth-order valence-electron chi connectivity index (χ4n) is 2.48. The minimum atomic E-state index is -0.362. The van der Waals surface area contributed by atoms with Crippen LogP contribution in [0.1, 0.15) is 24.3 Å². The molecule has 0 saturated carbocycles. The van der Waals surface area contributed by atoms with Crippen molar-refractivity contribution in [3.05, 3.63) is 66.6 Å². The van der Waals surface area contributed by atoms with Gasteiger partial charge in [0.15, 0.2) is 0 Å². The van der Waals surface area contributed by atoms with E-state index in [1.807, 2.05) is 50.2 Å². The molecule has 1 amide bonds. The predicted molar refractivity (Wildman–Crippen MR) is 108 cm³/mol. The van der Waals surface area contributed by atoms with Crippen molar-refractivity contribution >= 4 is 23.1 Å². The summed E-state index contributed by atoms with van der Waals surface area (Å²) in [5.41, 5.74) is 1.62. The van der Waals surface area contributed by atoms with Crippen LogP contribution in [0.4, 0.5) is 17.2 Å². The number of benzene rings is 2. The Morgan fingerprint density at radius 3 is 2.39 bits per heavy atom. The number of ether oxygens (including phenoxy) is 2. The molecule has 3 aromatic rings. The summed E-state index contributed by atoms with van der Waals surface area (Å²) in [4.78, 5) is 20.8. The third-order valence-electron chi connectivity index (χ3n) is 3.74. The molecule has 0 aliphatic carbocycles. The summed E-state index contributed by atoms with van der Waals surface area (Å²) >= 11 is 0. The first-order valence-corrected chi connectivity index (χ1v) is 8.85. The summed E-state index contributed by atoms with van der Waals surface area (Å²) in [5.74, 6) is 1.55. The Morgan fingerprint density at radius 2 is 1.75 bits per heavy atom. The number of amides is 1. The SMILES string of the molecule is COc1ccccc1NC(=O)c1cnc(Nc2ccc(OC(C)C)cc2)cn1. The molecule has 0 unspecified atom stereocenters. The highest BCUT2D eigenvalue weighted by Gasteiger charge is 2.11. The smallest absolute Gasteiger partial charge is 0.275 e. The summed E-state index contributed by atoms with van der Waals surface area (Å²) in [7, 11) is 1.55. The van der Waals surface area contributed by atoms with Gasteiger partial charge in [-0.05, 0) is 50.2 Å². The van der Waals surface area contributed by atoms with Crippen LogP contribution in [0.15, 0.2) is 60.9 Å². The van der Waals surface area contributed by atoms with Crippen molar-refractivity contribution in [3.8, 4) is 11.5 Å². The van der Waals surface area contributed by atoms with E-state index in [2.05, 4.69) is 20.6 Å². The van der Waals surface area contributed by atoms with Crippen molar-refractivity contribution < 1.29 is 14.3 Å². The summed E-state index contributed by atoms with van der Waals surface area (Å²) in [6.07, 6.45) is 3.05. The molecule has 3 rings (SSSR count). The van der Waals surface area contributed by atoms with Crippen LogP contribution >= 0.6 is 0 Å². The van der Waals surface area contributed by atoms with Gasteiger partial charge in [0, 0.05) is 5.69 Å². The van der Waals surface area contributed by atoms with Crippen LogP contribution in [0.2, 0.25) is 0 Å². The Labute approximate surface area is 163 Å². The lowest BCUT2D eigenvalue weighted by Gasteiger charge is -2.11. The highest BCUT2D eigenvalue weighted by Crippen LogP contribution is 2.23. The molecule has 28 heavy (non-hydrogen) atoms. The minimum absolute atomic E-state index is 0.124. The average Bonchev–Trinajstić information content (AvgIpc) is 2.70. The third kappa shape index (κ3) is 4.97. The highest BCUT2D eigenvalue weighted by molar-refractivity contribution is 6.03. The van der Waals surface area contributed by atoms with E-state index >= 15 is 0 Å². The lowest BCUT2D eigenvalue weighted by molar-refractivity contribution is 0.102. The molecule has 0 bridgehead atoms. The summed E-state index contributed by atoms with van der Waals surface area (Å²) < 4.78 is 10.8. The van der Waals surface area contributed by atoms with Crippen LogP contribution in [0.25, 0.3) is 0 Å². The number of carbonyl (C=O) groups excluding carboxylic acids is 1. The maximum atomic E-state index is 12.4. The maximum Gasteiger partial charge on any atom is 0.275 e. The van der Waals surface area contributed by atoms with E-state index in [1.54, 1.807) is 19.2 Å². The van der Waals surface area contributed by atoms with Crippen molar-refractivity contribution in [1.82, 2.24) is 9.97 Å². The molecule has 0 fully saturated rings. The normalized spacial score (nSPS) is 10.4. The van der Waals surface area contributed by atoms with E-state index in [0.717, 1.165) is 11.4 Å². The fraction of sp³-hybridized carbons (Fsp3) is 0.190. The number of nitrogens with zero attached hydrogens (tertiary/aromatic N) is 2. The fourth-order valence-corrected chi connectivity index (χ4v) is 2.48. The standard InChI is InChI=1S/C21H22N4O3/c1-14(2)28-16-10-8-15(9-11-16)24-20-13-22-18(12-23-20)21(26)25-17-6-4-5-7-19(17)27-3/h4-14H,1-3H3,(H,23,24)(H,25,26). The second-order valence-corrected chi connectivity index (χ2v) is 6.26. The molecule has 7 heteroatoms. The van der Waals surface area contributed by atoms with Crippen LogP contribution in [0, 0.1) is 0 Å². The van der Waals surface area contributed by atoms with Gasteiger partial charge in [0.1, 0.15) is 23.0 Å². The first-order valence-electron chi connectivity index (χ1n) is 8.85. The van der Waals surface area contributed by atoms with Gasteiger partial charge >= 0.3 is 0 Å². The maximum absolute atomic E-state index is 12.4. The van der Waals surface area contributed by atoms with Crippen molar-refractivity contribution in [3.63, 3.8) is 0 Å². The number of rotatable bonds is 7. The minimum Gasteiger partial charge on any atom is -0.495 e. The van der Waals surface area contributed by atoms with Gasteiger partial charge in [-0.2, -0.15) is 0 Å². The van der Waals surface area contributed by atoms with E-state index in [1.165, 1.54) is 12.4 Å². The number of anilines is 3. The van der Waals surface area contributed by atoms with Gasteiger partial charge in [-0.3, -0.25) is 4.79 Å². The van der Waals surface area contributed by atoms with E-state index in [0.29, 0.717) is 17.3 Å². The summed E-state index contributed by atoms with van der Waals surface area (Å²) in [5, 5.41) is 5.91. The summed E-state index contributed by atoms with van der Waals surface area (Å²) in [6, 6.07) is 14.7. The van der Waals surface area contributed by atoms with Gasteiger partial charge in [-0.15, -0.1) is 0 Å². The van der Waals surface area contributed by atoms with Gasteiger partial charge in [-0.25, -0.2) is 9.97 Å². The van der Waals surface area contributed by atoms with Crippen LogP contribution in [0.5, 0.6) is 11.5 Å². The molecule has 0 aliphatic heterocycles. The molecular formula is C21H22N4O3. The Balaban J connectivity index is 1.63. The Hall–Kier alpha value is -3.61. The lowest BCUT2D eigenvalue weighted by atomic mass is 10.3. The topological polar surface area (TPSA) is 85.4 Å². The van der Waals surface area contributed by atoms with Crippen LogP contribution < -0.4 is 20.1 Å². The monoisotopic (exact) mass is 378 g/mol. The van der Waals surface area contributed by atoms with Crippen molar-refractivity contribution in [2.45, 2.75) is 20.0 Å². The van der Waals surface area contributed by atoms with Gasteiger partial charge in [-0.1, -0.05) is 12.1 Å². The molecule has 7 nitrogen and oxygen atoms in total. The number of carbonyl (C=O) groups is 1. The van der Waals surface area contributed by atoms with E-state index in [9.17, 15) is 4.79 Å². The van der Waals surface area contributed by atoms with Crippen molar-refractivity contribution in [2.24, 2.45) is 0 Å². The molecule has 0 atom stereocenters. The molecule has 1 aromatic heterocycles. The highest BCUT2D eigenvalue weighted by atomic mass is 16.5. The van der Waals surface area contributed by atoms with Gasteiger partial charge in [0.25, 0.3) is 5.91 Å². The number of nitrogens with one attached hydrogen (secondary N) is 2. The van der Waals surface area contributed by atoms with Crippen molar-refractivity contribution in [2.75, 3.05) is 17.7 Å². The number of para-hydroxylation sites is 2. The molecule has 0 spiro atoms. The second kappa shape index (κ2) is 8.85.